The zero-order valence-electron chi connectivity index (χ0n) is 52.6. The van der Waals surface area contributed by atoms with Crippen LogP contribution < -0.4 is 47.7 Å². The van der Waals surface area contributed by atoms with Gasteiger partial charge in [0.2, 0.25) is 59.1 Å². The smallest absolute Gasteiger partial charge is 0.246 e. The number of carbonyl (C=O) groups excluding carboxylic acids is 10. The minimum Gasteiger partial charge on any atom is -0.497 e. The average molecular weight is 1300 g/mol. The van der Waals surface area contributed by atoms with Crippen molar-refractivity contribution in [3.8, 4) is 5.75 Å². The Hall–Kier alpha value is -9.79. The summed E-state index contributed by atoms with van der Waals surface area (Å²) in [6.07, 6.45) is -0.350. The highest BCUT2D eigenvalue weighted by atomic mass is 19.1. The van der Waals surface area contributed by atoms with Gasteiger partial charge in [0.1, 0.15) is 71.4 Å². The normalized spacial score (nSPS) is 25.3. The van der Waals surface area contributed by atoms with E-state index >= 15 is 18.8 Å². The Morgan fingerprint density at radius 2 is 1.27 bits per heavy atom. The number of primary amides is 1. The molecule has 10 amide bonds. The second-order valence-corrected chi connectivity index (χ2v) is 24.7. The van der Waals surface area contributed by atoms with E-state index < -0.39 is 144 Å². The average Bonchev–Trinajstić information content (AvgIpc) is 1.57. The summed E-state index contributed by atoms with van der Waals surface area (Å²) in [5, 5.41) is 30.7. The molecule has 2 saturated heterocycles. The molecule has 500 valence electrons. The number of hydrogen-bond donors (Lipinski definition) is 11. The fraction of sp³-hybridized carbons (Fsp3) is 0.433. The Balaban J connectivity index is 1.04. The Morgan fingerprint density at radius 1 is 0.681 bits per heavy atom. The molecule has 4 aromatic carbocycles. The van der Waals surface area contributed by atoms with E-state index in [1.165, 1.54) is 81.6 Å². The van der Waals surface area contributed by atoms with Crippen molar-refractivity contribution in [2.24, 2.45) is 5.73 Å². The van der Waals surface area contributed by atoms with Crippen LogP contribution in [-0.2, 0) is 80.2 Å². The van der Waals surface area contributed by atoms with Gasteiger partial charge in [-0.15, -0.1) is 0 Å². The van der Waals surface area contributed by atoms with Crippen molar-refractivity contribution in [2.75, 3.05) is 20.2 Å². The molecule has 94 heavy (non-hydrogen) atoms. The predicted octanol–water partition coefficient (Wildman–Crippen LogP) is 2.90. The fourth-order valence-electron chi connectivity index (χ4n) is 12.4. The molecule has 24 nitrogen and oxygen atoms in total. The molecule has 6 heterocycles. The molecule has 0 aliphatic carbocycles. The van der Waals surface area contributed by atoms with E-state index in [1.807, 2.05) is 0 Å². The van der Waals surface area contributed by atoms with Crippen LogP contribution >= 0.6 is 0 Å². The second kappa shape index (κ2) is 30.3. The summed E-state index contributed by atoms with van der Waals surface area (Å²) >= 11 is 0. The summed E-state index contributed by atoms with van der Waals surface area (Å²) in [5.74, 6) is -8.91. The second-order valence-electron chi connectivity index (χ2n) is 24.7. The SMILES string of the molecule is COc1ccc(C[C@@H]2NC(=O)[C@H]([C@@H](C)O)NC(=O)[C@@H]3C[C@H](F)CN3C(=O)[C@H](Cc3c[nH]c4ccc(F)cc34)NC(=O)[C@H](Cc3c[nH]c4ccc(F)cc34)NC(=O)[C@@H](C)NC(=O)CCCCCC(=O)NCc3ccc(cc3)C[C@@H](C(N)=O)NC(=O)[C@]3(C)CCCN3C2=O)cc1. The third-order valence-corrected chi connectivity index (χ3v) is 17.7. The maximum Gasteiger partial charge on any atom is 0.246 e. The van der Waals surface area contributed by atoms with Crippen molar-refractivity contribution in [1.82, 2.24) is 57.0 Å². The van der Waals surface area contributed by atoms with Gasteiger partial charge >= 0.3 is 0 Å². The van der Waals surface area contributed by atoms with Crippen molar-refractivity contribution in [3.63, 3.8) is 0 Å². The standard InChI is InChI=1S/C67H79F3N12O12/c1-36-60(87)76-52(27-41-33-72-49-21-17-43(68)29-47(41)49)61(88)77-54(28-42-34-73-50-22-18-44(69)30-48(42)50)64(91)81-35-45(70)31-55(81)62(89)80-58(37(2)83)63(90)78-53(26-39-15-19-46(94-4)20-16-39)65(92)82-24-8-23-67(82,3)66(93)79-51(59(71)86)25-38-11-13-40(14-12-38)32-74-56(84)9-6-5-7-10-57(85)75-36/h11-22,29-30,33-34,36-37,45,51-55,58,72-73,83H,5-10,23-28,31-32,35H2,1-4H3,(H2,71,86)(H,74,84)(H,75,85)(H,76,87)(H,77,88)(H,78,90)(H,79,93)(H,80,89)/t36-,37-,45+,51+,52+,53+,54+,55+,58+,67+/m1/s1. The summed E-state index contributed by atoms with van der Waals surface area (Å²) in [4.78, 5) is 151. The number of aliphatic hydroxyl groups excluding tert-OH is 1. The van der Waals surface area contributed by atoms with E-state index in [0.29, 0.717) is 75.5 Å². The van der Waals surface area contributed by atoms with E-state index in [0.717, 1.165) is 10.5 Å². The number of H-pyrrole nitrogens is 2. The van der Waals surface area contributed by atoms with E-state index in [4.69, 9.17) is 10.5 Å². The van der Waals surface area contributed by atoms with Crippen LogP contribution in [0.2, 0.25) is 0 Å². The lowest BCUT2D eigenvalue weighted by molar-refractivity contribution is -0.147. The number of aliphatic hydroxyl groups is 1. The number of ether oxygens (including phenoxy) is 1. The predicted molar refractivity (Wildman–Crippen MR) is 338 cm³/mol. The third kappa shape index (κ3) is 16.7. The molecule has 0 unspecified atom stereocenters. The largest absolute Gasteiger partial charge is 0.497 e. The highest BCUT2D eigenvalue weighted by molar-refractivity contribution is 6.00. The molecular formula is C67H79F3N12O12. The number of alkyl halides is 1. The van der Waals surface area contributed by atoms with Gasteiger partial charge in [-0.05, 0) is 123 Å². The number of aromatic amines is 2. The van der Waals surface area contributed by atoms with Gasteiger partial charge in [0, 0.05) is 92.2 Å². The van der Waals surface area contributed by atoms with Gasteiger partial charge in [0.25, 0.3) is 0 Å². The maximum absolute atomic E-state index is 16.0. The molecule has 2 aromatic heterocycles. The lowest BCUT2D eigenvalue weighted by Gasteiger charge is -2.37. The van der Waals surface area contributed by atoms with Crippen molar-refractivity contribution in [1.29, 1.82) is 0 Å². The maximum atomic E-state index is 16.0. The highest BCUT2D eigenvalue weighted by Crippen LogP contribution is 2.32. The first-order valence-electron chi connectivity index (χ1n) is 31.4. The number of halogens is 3. The summed E-state index contributed by atoms with van der Waals surface area (Å²) < 4.78 is 51.1. The topological polar surface area (TPSA) is 348 Å². The molecule has 27 heteroatoms. The number of hydrogen-bond acceptors (Lipinski definition) is 12. The van der Waals surface area contributed by atoms with Crippen LogP contribution in [0.5, 0.6) is 5.75 Å². The number of fused-ring (bicyclic) bond motifs is 30. The molecule has 6 aromatic rings. The van der Waals surface area contributed by atoms with Gasteiger partial charge in [-0.3, -0.25) is 47.9 Å². The van der Waals surface area contributed by atoms with Crippen molar-refractivity contribution < 1.29 is 71.0 Å². The molecule has 12 N–H and O–H groups in total. The summed E-state index contributed by atoms with van der Waals surface area (Å²) in [6.45, 7) is 3.58. The molecule has 4 aliphatic rings. The van der Waals surface area contributed by atoms with Gasteiger partial charge in [-0.1, -0.05) is 42.8 Å². The first-order valence-corrected chi connectivity index (χ1v) is 31.4. The number of aromatic nitrogens is 2. The highest BCUT2D eigenvalue weighted by Gasteiger charge is 2.49. The summed E-state index contributed by atoms with van der Waals surface area (Å²) in [6, 6.07) is 10.4. The quantitative estimate of drug-likeness (QED) is 0.0932. The lowest BCUT2D eigenvalue weighted by Crippen LogP contribution is -2.64. The molecule has 0 radical (unpaired) electrons. The van der Waals surface area contributed by atoms with Gasteiger partial charge in [-0.2, -0.15) is 0 Å². The summed E-state index contributed by atoms with van der Waals surface area (Å²) in [7, 11) is 1.46. The van der Waals surface area contributed by atoms with E-state index in [1.54, 1.807) is 48.5 Å². The number of amides is 10. The fourth-order valence-corrected chi connectivity index (χ4v) is 12.4. The van der Waals surface area contributed by atoms with Crippen molar-refractivity contribution in [2.45, 2.75) is 164 Å². The number of rotatable bonds is 9. The molecule has 10 atom stereocenters. The van der Waals surface area contributed by atoms with E-state index in [9.17, 15) is 47.4 Å². The van der Waals surface area contributed by atoms with Gasteiger partial charge in [0.05, 0.1) is 19.8 Å². The van der Waals surface area contributed by atoms with Crippen LogP contribution in [-0.4, -0.2) is 164 Å². The number of carbonyl (C=O) groups is 10. The molecule has 10 rings (SSSR count). The first-order chi connectivity index (χ1) is 44.9. The van der Waals surface area contributed by atoms with Gasteiger partial charge < -0.3 is 72.6 Å². The first kappa shape index (κ1) is 68.6. The number of nitrogens with two attached hydrogens (primary N) is 1. The molecule has 2 bridgehead atoms. The minimum atomic E-state index is -1.88. The van der Waals surface area contributed by atoms with Crippen molar-refractivity contribution >= 4 is 80.9 Å². The molecular weight excluding hydrogens is 1220 g/mol. The third-order valence-electron chi connectivity index (χ3n) is 17.7. The lowest BCUT2D eigenvalue weighted by atomic mass is 9.94. The zero-order valence-corrected chi connectivity index (χ0v) is 52.6. The molecule has 2 fully saturated rings. The number of benzene rings is 4. The van der Waals surface area contributed by atoms with Crippen LogP contribution in [0, 0.1) is 11.6 Å². The Bertz CT molecular complexity index is 3810. The van der Waals surface area contributed by atoms with E-state index in [2.05, 4.69) is 47.2 Å². The number of nitrogens with one attached hydrogen (secondary N) is 9. The van der Waals surface area contributed by atoms with Crippen molar-refractivity contribution in [3.05, 3.63) is 137 Å². The Labute approximate surface area is 539 Å². The summed E-state index contributed by atoms with van der Waals surface area (Å²) in [5.41, 5.74) is 7.70. The number of nitrogens with zero attached hydrogens (tertiary/aromatic N) is 2. The molecule has 4 aliphatic heterocycles. The number of methoxy groups -OCH3 is 1. The Morgan fingerprint density at radius 3 is 1.88 bits per heavy atom. The van der Waals surface area contributed by atoms with Crippen LogP contribution in [0.15, 0.2) is 97.3 Å². The van der Waals surface area contributed by atoms with Crippen LogP contribution in [0.3, 0.4) is 0 Å². The molecule has 0 saturated carbocycles. The van der Waals surface area contributed by atoms with Crippen LogP contribution in [0.4, 0.5) is 13.2 Å². The Kier molecular flexibility index (Phi) is 22.1. The minimum absolute atomic E-state index is 0.0242. The molecule has 0 spiro atoms. The van der Waals surface area contributed by atoms with Crippen LogP contribution in [0.1, 0.15) is 100.0 Å². The monoisotopic (exact) mass is 1300 g/mol. The van der Waals surface area contributed by atoms with Gasteiger partial charge in [-0.25, -0.2) is 13.2 Å². The zero-order chi connectivity index (χ0) is 67.5. The van der Waals surface area contributed by atoms with Crippen LogP contribution in [0.25, 0.3) is 21.8 Å². The van der Waals surface area contributed by atoms with E-state index in [-0.39, 0.29) is 57.5 Å². The van der Waals surface area contributed by atoms with Gasteiger partial charge in [0.15, 0.2) is 0 Å².